The van der Waals surface area contributed by atoms with Gasteiger partial charge in [0.25, 0.3) is 0 Å². The van der Waals surface area contributed by atoms with Gasteiger partial charge in [0, 0.05) is 6.04 Å². The molecule has 0 bridgehead atoms. The number of hydrogen-bond donors (Lipinski definition) is 1. The molecule has 0 aromatic heterocycles. The van der Waals surface area contributed by atoms with Crippen LogP contribution in [0.15, 0.2) is 34.6 Å². The first-order valence-electron chi connectivity index (χ1n) is 8.40. The second kappa shape index (κ2) is 7.20. The van der Waals surface area contributed by atoms with Crippen molar-refractivity contribution in [1.82, 2.24) is 9.80 Å². The van der Waals surface area contributed by atoms with Gasteiger partial charge in [-0.1, -0.05) is 17.4 Å². The Morgan fingerprint density at radius 2 is 1.77 bits per heavy atom. The molecule has 1 aromatic carbocycles. The minimum atomic E-state index is 0.649. The average Bonchev–Trinajstić information content (AvgIpc) is 2.56. The standard InChI is InChI=1S/C17H27N5/c1-21-9-7-17(8-10-21)22-11-5-14(6-12-22)15-3-2-4-16(13-15)19-20-18/h2-4,13-14,17H,5-12H2,1H3,(H2,18,19). The Morgan fingerprint density at radius 1 is 1.05 bits per heavy atom. The molecule has 0 aliphatic carbocycles. The highest BCUT2D eigenvalue weighted by Gasteiger charge is 2.27. The molecule has 22 heavy (non-hydrogen) atoms. The van der Waals surface area contributed by atoms with E-state index in [4.69, 9.17) is 5.84 Å². The van der Waals surface area contributed by atoms with Crippen LogP contribution in [0.4, 0.5) is 5.69 Å². The topological polar surface area (TPSA) is 57.2 Å². The first kappa shape index (κ1) is 15.4. The molecule has 5 heteroatoms. The van der Waals surface area contributed by atoms with Crippen molar-refractivity contribution in [3.8, 4) is 0 Å². The van der Waals surface area contributed by atoms with E-state index in [1.165, 1.54) is 57.4 Å². The molecule has 0 radical (unpaired) electrons. The number of nitrogens with zero attached hydrogens (tertiary/aromatic N) is 4. The Morgan fingerprint density at radius 3 is 2.45 bits per heavy atom. The van der Waals surface area contributed by atoms with Crippen LogP contribution < -0.4 is 5.84 Å². The molecule has 2 aliphatic heterocycles. The fourth-order valence-corrected chi connectivity index (χ4v) is 3.87. The third-order valence-corrected chi connectivity index (χ3v) is 5.25. The summed E-state index contributed by atoms with van der Waals surface area (Å²) >= 11 is 0. The largest absolute Gasteiger partial charge is 0.306 e. The van der Waals surface area contributed by atoms with E-state index >= 15 is 0 Å². The van der Waals surface area contributed by atoms with Gasteiger partial charge in [0.15, 0.2) is 0 Å². The molecular weight excluding hydrogens is 274 g/mol. The smallest absolute Gasteiger partial charge is 0.0876 e. The third kappa shape index (κ3) is 3.65. The van der Waals surface area contributed by atoms with E-state index in [9.17, 15) is 0 Å². The number of rotatable bonds is 3. The Kier molecular flexibility index (Phi) is 5.05. The summed E-state index contributed by atoms with van der Waals surface area (Å²) in [6, 6.07) is 9.16. The summed E-state index contributed by atoms with van der Waals surface area (Å²) in [6.07, 6.45) is 5.15. The van der Waals surface area contributed by atoms with Crippen molar-refractivity contribution in [2.24, 2.45) is 16.2 Å². The molecule has 2 heterocycles. The molecule has 1 aromatic rings. The lowest BCUT2D eigenvalue weighted by molar-refractivity contribution is 0.0966. The van der Waals surface area contributed by atoms with Crippen LogP contribution in [-0.2, 0) is 0 Å². The van der Waals surface area contributed by atoms with Crippen LogP contribution in [0.1, 0.15) is 37.2 Å². The lowest BCUT2D eigenvalue weighted by Gasteiger charge is -2.41. The molecule has 3 rings (SSSR count). The van der Waals surface area contributed by atoms with Gasteiger partial charge in [-0.15, -0.1) is 5.11 Å². The molecule has 0 saturated carbocycles. The van der Waals surface area contributed by atoms with Gasteiger partial charge in [0.05, 0.1) is 5.69 Å². The highest BCUT2D eigenvalue weighted by molar-refractivity contribution is 5.40. The summed E-state index contributed by atoms with van der Waals surface area (Å²) in [5.74, 6) is 5.80. The monoisotopic (exact) mass is 301 g/mol. The summed E-state index contributed by atoms with van der Waals surface area (Å²) in [7, 11) is 2.23. The zero-order valence-corrected chi connectivity index (χ0v) is 13.5. The number of benzene rings is 1. The van der Waals surface area contributed by atoms with Crippen molar-refractivity contribution in [2.45, 2.75) is 37.6 Å². The maximum atomic E-state index is 5.15. The van der Waals surface area contributed by atoms with E-state index in [-0.39, 0.29) is 0 Å². The quantitative estimate of drug-likeness (QED) is 0.530. The van der Waals surface area contributed by atoms with E-state index in [2.05, 4.69) is 45.4 Å². The minimum absolute atomic E-state index is 0.649. The van der Waals surface area contributed by atoms with Crippen LogP contribution in [0, 0.1) is 0 Å². The van der Waals surface area contributed by atoms with Crippen LogP contribution in [0.2, 0.25) is 0 Å². The molecule has 2 saturated heterocycles. The zero-order valence-electron chi connectivity index (χ0n) is 13.5. The van der Waals surface area contributed by atoms with Crippen LogP contribution in [-0.4, -0.2) is 49.1 Å². The van der Waals surface area contributed by atoms with E-state index in [1.54, 1.807) is 0 Å². The van der Waals surface area contributed by atoms with Gasteiger partial charge in [-0.25, -0.2) is 0 Å². The maximum Gasteiger partial charge on any atom is 0.0876 e. The fraction of sp³-hybridized carbons (Fsp3) is 0.647. The van der Waals surface area contributed by atoms with Crippen molar-refractivity contribution >= 4 is 5.69 Å². The van der Waals surface area contributed by atoms with E-state index in [0.717, 1.165) is 11.7 Å². The molecule has 0 spiro atoms. The van der Waals surface area contributed by atoms with Gasteiger partial charge in [0.1, 0.15) is 0 Å². The maximum absolute atomic E-state index is 5.15. The van der Waals surface area contributed by atoms with Gasteiger partial charge in [-0.2, -0.15) is 0 Å². The first-order valence-corrected chi connectivity index (χ1v) is 8.40. The fourth-order valence-electron chi connectivity index (χ4n) is 3.87. The Labute approximate surface area is 133 Å². The van der Waals surface area contributed by atoms with Crippen LogP contribution in [0.5, 0.6) is 0 Å². The molecular formula is C17H27N5. The van der Waals surface area contributed by atoms with Crippen molar-refractivity contribution in [3.63, 3.8) is 0 Å². The Balaban J connectivity index is 1.56. The Hall–Kier alpha value is -1.46. The molecule has 0 atom stereocenters. The highest BCUT2D eigenvalue weighted by atomic mass is 15.3. The van der Waals surface area contributed by atoms with Crippen LogP contribution in [0.3, 0.4) is 0 Å². The van der Waals surface area contributed by atoms with Crippen molar-refractivity contribution < 1.29 is 0 Å². The highest BCUT2D eigenvalue weighted by Crippen LogP contribution is 2.32. The molecule has 2 fully saturated rings. The van der Waals surface area contributed by atoms with Gasteiger partial charge in [-0.3, -0.25) is 0 Å². The normalized spacial score (nSPS) is 23.3. The molecule has 5 nitrogen and oxygen atoms in total. The summed E-state index contributed by atoms with van der Waals surface area (Å²) in [5, 5.41) is 7.33. The predicted molar refractivity (Wildman–Crippen MR) is 89.2 cm³/mol. The van der Waals surface area contributed by atoms with Crippen LogP contribution >= 0.6 is 0 Å². The second-order valence-corrected chi connectivity index (χ2v) is 6.66. The van der Waals surface area contributed by atoms with Gasteiger partial charge < -0.3 is 15.6 Å². The lowest BCUT2D eigenvalue weighted by Crippen LogP contribution is -2.46. The number of likely N-dealkylation sites (tertiary alicyclic amines) is 2. The first-order chi connectivity index (χ1) is 10.8. The van der Waals surface area contributed by atoms with Crippen molar-refractivity contribution in [1.29, 1.82) is 0 Å². The van der Waals surface area contributed by atoms with Crippen LogP contribution in [0.25, 0.3) is 0 Å². The van der Waals surface area contributed by atoms with Gasteiger partial charge in [-0.05, 0) is 82.5 Å². The van der Waals surface area contributed by atoms with Gasteiger partial charge in [0.2, 0.25) is 0 Å². The van der Waals surface area contributed by atoms with Crippen molar-refractivity contribution in [2.75, 3.05) is 33.2 Å². The Bertz CT molecular complexity index is 500. The number of nitrogens with two attached hydrogens (primary N) is 1. The SMILES string of the molecule is CN1CCC(N2CCC(c3cccc(N=NN)c3)CC2)CC1. The van der Waals surface area contributed by atoms with Gasteiger partial charge >= 0.3 is 0 Å². The minimum Gasteiger partial charge on any atom is -0.306 e. The number of hydrogen-bond acceptors (Lipinski definition) is 4. The summed E-state index contributed by atoms with van der Waals surface area (Å²) in [6.45, 7) is 4.94. The zero-order chi connectivity index (χ0) is 15.4. The van der Waals surface area contributed by atoms with Crippen molar-refractivity contribution in [3.05, 3.63) is 29.8 Å². The molecule has 2 N–H and O–H groups in total. The molecule has 0 amide bonds. The molecule has 120 valence electrons. The van der Waals surface area contributed by atoms with E-state index in [1.807, 2.05) is 6.07 Å². The summed E-state index contributed by atoms with van der Waals surface area (Å²) in [4.78, 5) is 5.16. The lowest BCUT2D eigenvalue weighted by atomic mass is 9.88. The van der Waals surface area contributed by atoms with E-state index in [0.29, 0.717) is 5.92 Å². The third-order valence-electron chi connectivity index (χ3n) is 5.25. The predicted octanol–water partition coefficient (Wildman–Crippen LogP) is 2.92. The average molecular weight is 301 g/mol. The molecule has 2 aliphatic rings. The second-order valence-electron chi connectivity index (χ2n) is 6.66. The number of piperidine rings is 2. The molecule has 0 unspecified atom stereocenters. The van der Waals surface area contributed by atoms with E-state index < -0.39 is 0 Å². The summed E-state index contributed by atoms with van der Waals surface area (Å²) < 4.78 is 0. The summed E-state index contributed by atoms with van der Waals surface area (Å²) in [5.41, 5.74) is 2.24.